The molecule has 5 nitrogen and oxygen atoms in total. The van der Waals surface area contributed by atoms with Gasteiger partial charge in [-0.25, -0.2) is 8.42 Å². The van der Waals surface area contributed by atoms with Gasteiger partial charge in [-0.15, -0.1) is 0 Å². The van der Waals surface area contributed by atoms with Gasteiger partial charge in [0.25, 0.3) is 0 Å². The molecule has 3 aliphatic rings. The van der Waals surface area contributed by atoms with Gasteiger partial charge in [-0.3, -0.25) is 4.79 Å². The Balaban J connectivity index is 1.53. The van der Waals surface area contributed by atoms with E-state index in [0.29, 0.717) is 13.0 Å². The van der Waals surface area contributed by atoms with Crippen LogP contribution < -0.4 is 4.90 Å². The van der Waals surface area contributed by atoms with Gasteiger partial charge in [0.2, 0.25) is 15.9 Å². The highest BCUT2D eigenvalue weighted by atomic mass is 32.2. The van der Waals surface area contributed by atoms with Crippen molar-refractivity contribution in [2.75, 3.05) is 11.4 Å². The molecule has 0 N–H and O–H groups in total. The number of hydrogen-bond acceptors (Lipinski definition) is 3. The van der Waals surface area contributed by atoms with Gasteiger partial charge in [0.05, 0.1) is 4.90 Å². The van der Waals surface area contributed by atoms with E-state index in [9.17, 15) is 13.2 Å². The summed E-state index contributed by atoms with van der Waals surface area (Å²) >= 11 is 0. The van der Waals surface area contributed by atoms with Crippen LogP contribution in [0.15, 0.2) is 59.5 Å². The molecule has 2 aromatic rings. The van der Waals surface area contributed by atoms with Crippen LogP contribution in [0.1, 0.15) is 37.7 Å². The van der Waals surface area contributed by atoms with Crippen molar-refractivity contribution in [1.29, 1.82) is 0 Å². The minimum atomic E-state index is -3.72. The predicted octanol–water partition coefficient (Wildman–Crippen LogP) is 3.60. The number of sulfonamides is 1. The first-order valence-electron chi connectivity index (χ1n) is 10.6. The van der Waals surface area contributed by atoms with Crippen LogP contribution in [0.2, 0.25) is 0 Å². The number of rotatable bonds is 3. The van der Waals surface area contributed by atoms with Crippen molar-refractivity contribution in [3.8, 4) is 0 Å². The van der Waals surface area contributed by atoms with Gasteiger partial charge in [0.15, 0.2) is 0 Å². The fourth-order valence-electron chi connectivity index (χ4n) is 5.44. The maximum atomic E-state index is 13.7. The molecule has 1 saturated carbocycles. The summed E-state index contributed by atoms with van der Waals surface area (Å²) in [7, 11) is -3.72. The Morgan fingerprint density at radius 3 is 2.48 bits per heavy atom. The molecule has 6 heteroatoms. The van der Waals surface area contributed by atoms with Gasteiger partial charge in [-0.1, -0.05) is 49.2 Å². The van der Waals surface area contributed by atoms with Gasteiger partial charge in [-0.05, 0) is 55.4 Å². The summed E-state index contributed by atoms with van der Waals surface area (Å²) in [5.41, 5.74) is 2.10. The highest BCUT2D eigenvalue weighted by Crippen LogP contribution is 2.44. The Bertz CT molecular complexity index is 1020. The summed E-state index contributed by atoms with van der Waals surface area (Å²) in [5, 5.41) is 0. The zero-order valence-electron chi connectivity index (χ0n) is 16.4. The fourth-order valence-corrected chi connectivity index (χ4v) is 7.33. The fraction of sp³-hybridized carbons (Fsp3) is 0.435. The monoisotopic (exact) mass is 410 g/mol. The first-order valence-corrected chi connectivity index (χ1v) is 12.0. The molecule has 2 heterocycles. The van der Waals surface area contributed by atoms with Gasteiger partial charge in [-0.2, -0.15) is 4.31 Å². The third kappa shape index (κ3) is 3.09. The largest absolute Gasteiger partial charge is 0.310 e. The maximum absolute atomic E-state index is 13.7. The van der Waals surface area contributed by atoms with E-state index < -0.39 is 16.1 Å². The van der Waals surface area contributed by atoms with E-state index in [-0.39, 0.29) is 22.8 Å². The molecule has 2 aromatic carbocycles. The molecule has 29 heavy (non-hydrogen) atoms. The van der Waals surface area contributed by atoms with E-state index in [1.165, 1.54) is 0 Å². The Morgan fingerprint density at radius 1 is 0.931 bits per heavy atom. The molecule has 1 saturated heterocycles. The second kappa shape index (κ2) is 7.26. The summed E-state index contributed by atoms with van der Waals surface area (Å²) in [6, 6.07) is 15.9. The van der Waals surface area contributed by atoms with Crippen LogP contribution in [-0.4, -0.2) is 37.3 Å². The normalized spacial score (nSPS) is 26.9. The molecule has 0 aromatic heterocycles. The van der Waals surface area contributed by atoms with Crippen LogP contribution in [0.4, 0.5) is 5.69 Å². The standard InChI is InChI=1S/C23H26N2O3S/c26-23(24-15-14-17-8-4-6-12-20(17)24)22-16-18-9-5-7-13-21(18)25(22)29(27,28)19-10-2-1-3-11-19/h1-4,6,8,10-12,18,21-22H,5,7,9,13-16H2/t18-,21+,22+/m1/s1. The number of para-hydroxylation sites is 1. The van der Waals surface area contributed by atoms with E-state index >= 15 is 0 Å². The van der Waals surface area contributed by atoms with Crippen molar-refractivity contribution in [1.82, 2.24) is 4.31 Å². The van der Waals surface area contributed by atoms with E-state index in [4.69, 9.17) is 0 Å². The molecule has 2 aliphatic heterocycles. The Morgan fingerprint density at radius 2 is 1.66 bits per heavy atom. The molecule has 1 aliphatic carbocycles. The van der Waals surface area contributed by atoms with Gasteiger partial charge < -0.3 is 4.90 Å². The van der Waals surface area contributed by atoms with Crippen molar-refractivity contribution in [3.63, 3.8) is 0 Å². The van der Waals surface area contributed by atoms with Crippen LogP contribution in [-0.2, 0) is 21.2 Å². The van der Waals surface area contributed by atoms with Gasteiger partial charge >= 0.3 is 0 Å². The van der Waals surface area contributed by atoms with Gasteiger partial charge in [0, 0.05) is 18.3 Å². The zero-order valence-corrected chi connectivity index (χ0v) is 17.2. The molecule has 3 atom stereocenters. The summed E-state index contributed by atoms with van der Waals surface area (Å²) in [6.45, 7) is 0.628. The Kier molecular flexibility index (Phi) is 4.71. The highest BCUT2D eigenvalue weighted by Gasteiger charge is 2.52. The topological polar surface area (TPSA) is 57.7 Å². The molecule has 0 radical (unpaired) electrons. The smallest absolute Gasteiger partial charge is 0.245 e. The number of anilines is 1. The summed E-state index contributed by atoms with van der Waals surface area (Å²) in [5.74, 6) is 0.206. The van der Waals surface area contributed by atoms with Crippen LogP contribution >= 0.6 is 0 Å². The SMILES string of the molecule is O=C([C@@H]1C[C@H]2CCCC[C@@H]2N1S(=O)(=O)c1ccccc1)N1CCc2ccccc21. The first-order chi connectivity index (χ1) is 14.1. The Labute approximate surface area is 172 Å². The zero-order chi connectivity index (χ0) is 20.0. The summed E-state index contributed by atoms with van der Waals surface area (Å²) in [4.78, 5) is 15.8. The van der Waals surface area contributed by atoms with E-state index in [0.717, 1.165) is 43.4 Å². The van der Waals surface area contributed by atoms with Crippen molar-refractivity contribution < 1.29 is 13.2 Å². The van der Waals surface area contributed by atoms with Crippen molar-refractivity contribution in [2.45, 2.75) is 55.5 Å². The molecule has 0 unspecified atom stereocenters. The third-order valence-corrected chi connectivity index (χ3v) is 8.73. The summed E-state index contributed by atoms with van der Waals surface area (Å²) < 4.78 is 28.8. The average Bonchev–Trinajstić information content (AvgIpc) is 3.36. The lowest BCUT2D eigenvalue weighted by Crippen LogP contribution is -2.50. The number of carbonyl (C=O) groups excluding carboxylic acids is 1. The molecule has 0 spiro atoms. The lowest BCUT2D eigenvalue weighted by molar-refractivity contribution is -0.121. The van der Waals surface area contributed by atoms with Crippen LogP contribution in [0.5, 0.6) is 0 Å². The molecule has 152 valence electrons. The number of nitrogens with zero attached hydrogens (tertiary/aromatic N) is 2. The number of amides is 1. The lowest BCUT2D eigenvalue weighted by Gasteiger charge is -2.33. The molecule has 5 rings (SSSR count). The number of carbonyl (C=O) groups is 1. The Hall–Kier alpha value is -2.18. The maximum Gasteiger partial charge on any atom is 0.245 e. The van der Waals surface area contributed by atoms with E-state index in [1.807, 2.05) is 29.2 Å². The van der Waals surface area contributed by atoms with E-state index in [1.54, 1.807) is 28.6 Å². The number of fused-ring (bicyclic) bond motifs is 2. The highest BCUT2D eigenvalue weighted by molar-refractivity contribution is 7.89. The second-order valence-corrected chi connectivity index (χ2v) is 10.2. The van der Waals surface area contributed by atoms with E-state index in [2.05, 4.69) is 6.07 Å². The van der Waals surface area contributed by atoms with Crippen molar-refractivity contribution >= 4 is 21.6 Å². The molecular formula is C23H26N2O3S. The minimum absolute atomic E-state index is 0.0659. The van der Waals surface area contributed by atoms with Crippen LogP contribution in [0.3, 0.4) is 0 Å². The van der Waals surface area contributed by atoms with Crippen LogP contribution in [0.25, 0.3) is 0 Å². The molecular weight excluding hydrogens is 384 g/mol. The van der Waals surface area contributed by atoms with Crippen molar-refractivity contribution in [2.24, 2.45) is 5.92 Å². The molecule has 1 amide bonds. The number of benzene rings is 2. The van der Waals surface area contributed by atoms with Crippen molar-refractivity contribution in [3.05, 3.63) is 60.2 Å². The first kappa shape index (κ1) is 18.8. The van der Waals surface area contributed by atoms with Gasteiger partial charge in [0.1, 0.15) is 6.04 Å². The third-order valence-electron chi connectivity index (χ3n) is 6.79. The molecule has 0 bridgehead atoms. The lowest BCUT2D eigenvalue weighted by atomic mass is 9.85. The number of hydrogen-bond donors (Lipinski definition) is 0. The summed E-state index contributed by atoms with van der Waals surface area (Å²) in [6.07, 6.45) is 5.45. The average molecular weight is 411 g/mol. The predicted molar refractivity (Wildman–Crippen MR) is 112 cm³/mol. The molecule has 2 fully saturated rings. The second-order valence-electron chi connectivity index (χ2n) is 8.38. The van der Waals surface area contributed by atoms with Crippen LogP contribution in [0, 0.1) is 5.92 Å². The quantitative estimate of drug-likeness (QED) is 0.777. The minimum Gasteiger partial charge on any atom is -0.310 e.